The van der Waals surface area contributed by atoms with E-state index in [0.29, 0.717) is 16.0 Å². The Morgan fingerprint density at radius 3 is 2.79 bits per heavy atom. The van der Waals surface area contributed by atoms with Gasteiger partial charge < -0.3 is 14.4 Å². The number of nitrogens with zero attached hydrogens (tertiary/aromatic N) is 2. The van der Waals surface area contributed by atoms with Crippen LogP contribution in [0.25, 0.3) is 0 Å². The molecule has 0 bridgehead atoms. The van der Waals surface area contributed by atoms with Crippen LogP contribution in [-0.2, 0) is 13.7 Å². The molecule has 0 spiro atoms. The molecule has 5 nitrogen and oxygen atoms in total. The first-order valence-corrected chi connectivity index (χ1v) is 6.06. The predicted octanol–water partition coefficient (Wildman–Crippen LogP) is 3.00. The van der Waals surface area contributed by atoms with Gasteiger partial charge in [0.2, 0.25) is 0 Å². The Morgan fingerprint density at radius 1 is 1.47 bits per heavy atom. The number of carboxylic acid groups (broad SMARTS) is 1. The Morgan fingerprint density at radius 2 is 2.21 bits per heavy atom. The van der Waals surface area contributed by atoms with Crippen LogP contribution in [0.4, 0.5) is 0 Å². The van der Waals surface area contributed by atoms with Crippen LogP contribution < -0.4 is 4.74 Å². The van der Waals surface area contributed by atoms with Crippen molar-refractivity contribution in [2.24, 2.45) is 7.05 Å². The van der Waals surface area contributed by atoms with E-state index in [2.05, 4.69) is 4.98 Å². The zero-order chi connectivity index (χ0) is 14.0. The van der Waals surface area contributed by atoms with E-state index in [9.17, 15) is 4.79 Å². The van der Waals surface area contributed by atoms with Gasteiger partial charge in [-0.05, 0) is 18.2 Å². The molecule has 0 aliphatic carbocycles. The molecule has 0 saturated heterocycles. The predicted molar refractivity (Wildman–Crippen MR) is 71.0 cm³/mol. The summed E-state index contributed by atoms with van der Waals surface area (Å²) in [7, 11) is 1.74. The molecular formula is C12H10Cl2N2O3. The second kappa shape index (κ2) is 5.50. The molecule has 1 aromatic carbocycles. The lowest BCUT2D eigenvalue weighted by atomic mass is 10.2. The van der Waals surface area contributed by atoms with Crippen molar-refractivity contribution >= 4 is 29.2 Å². The number of halogens is 2. The highest BCUT2D eigenvalue weighted by Gasteiger charge is 2.13. The van der Waals surface area contributed by atoms with Crippen molar-refractivity contribution in [2.45, 2.75) is 6.61 Å². The minimum atomic E-state index is -1.10. The second-order valence-corrected chi connectivity index (χ2v) is 4.61. The summed E-state index contributed by atoms with van der Waals surface area (Å²) in [6, 6.07) is 4.41. The van der Waals surface area contributed by atoms with Gasteiger partial charge in [-0.25, -0.2) is 9.78 Å². The average Bonchev–Trinajstić information content (AvgIpc) is 2.68. The maximum absolute atomic E-state index is 11.1. The number of ether oxygens (including phenoxy) is 1. The third kappa shape index (κ3) is 3.00. The highest BCUT2D eigenvalue weighted by Crippen LogP contribution is 2.24. The van der Waals surface area contributed by atoms with Crippen LogP contribution in [0.15, 0.2) is 24.4 Å². The van der Waals surface area contributed by atoms with Crippen LogP contribution in [-0.4, -0.2) is 20.6 Å². The summed E-state index contributed by atoms with van der Waals surface area (Å²) >= 11 is 11.6. The van der Waals surface area contributed by atoms with Crippen LogP contribution in [0, 0.1) is 0 Å². The Hall–Kier alpha value is -1.72. The SMILES string of the molecule is Cn1c(Cl)cnc1COc1ccc(Cl)cc1C(=O)O. The standard InChI is InChI=1S/C12H10Cl2N2O3/c1-16-10(14)5-15-11(16)6-19-9-3-2-7(13)4-8(9)12(17)18/h2-5H,6H2,1H3,(H,17,18). The molecule has 7 heteroatoms. The second-order valence-electron chi connectivity index (χ2n) is 3.79. The Labute approximate surface area is 119 Å². The third-order valence-corrected chi connectivity index (χ3v) is 3.14. The number of hydrogen-bond acceptors (Lipinski definition) is 3. The van der Waals surface area contributed by atoms with Crippen LogP contribution in [0.5, 0.6) is 5.75 Å². The third-order valence-electron chi connectivity index (χ3n) is 2.56. The van der Waals surface area contributed by atoms with Crippen molar-refractivity contribution in [3.05, 3.63) is 46.0 Å². The molecule has 19 heavy (non-hydrogen) atoms. The van der Waals surface area contributed by atoms with E-state index < -0.39 is 5.97 Å². The lowest BCUT2D eigenvalue weighted by Gasteiger charge is -2.09. The minimum absolute atomic E-state index is 0.00723. The van der Waals surface area contributed by atoms with Crippen LogP contribution in [0.1, 0.15) is 16.2 Å². The van der Waals surface area contributed by atoms with E-state index in [-0.39, 0.29) is 17.9 Å². The van der Waals surface area contributed by atoms with Crippen molar-refractivity contribution in [3.8, 4) is 5.75 Å². The maximum Gasteiger partial charge on any atom is 0.339 e. The van der Waals surface area contributed by atoms with Crippen LogP contribution >= 0.6 is 23.2 Å². The fourth-order valence-corrected chi connectivity index (χ4v) is 1.81. The van der Waals surface area contributed by atoms with Gasteiger partial charge in [-0.1, -0.05) is 23.2 Å². The summed E-state index contributed by atoms with van der Waals surface area (Å²) in [5, 5.41) is 9.88. The zero-order valence-electron chi connectivity index (χ0n) is 9.93. The van der Waals surface area contributed by atoms with Crippen LogP contribution in [0.3, 0.4) is 0 Å². The monoisotopic (exact) mass is 300 g/mol. The largest absolute Gasteiger partial charge is 0.485 e. The van der Waals surface area contributed by atoms with Crippen molar-refractivity contribution in [1.82, 2.24) is 9.55 Å². The van der Waals surface area contributed by atoms with E-state index in [1.54, 1.807) is 17.7 Å². The molecule has 0 aliphatic heterocycles. The normalized spacial score (nSPS) is 10.5. The highest BCUT2D eigenvalue weighted by molar-refractivity contribution is 6.31. The number of aromatic nitrogens is 2. The molecule has 1 N–H and O–H groups in total. The van der Waals surface area contributed by atoms with E-state index in [4.69, 9.17) is 33.0 Å². The maximum atomic E-state index is 11.1. The van der Waals surface area contributed by atoms with E-state index >= 15 is 0 Å². The molecule has 0 atom stereocenters. The molecular weight excluding hydrogens is 291 g/mol. The van der Waals surface area contributed by atoms with E-state index in [1.807, 2.05) is 0 Å². The molecule has 0 amide bonds. The lowest BCUT2D eigenvalue weighted by molar-refractivity contribution is 0.0691. The van der Waals surface area contributed by atoms with Crippen molar-refractivity contribution in [3.63, 3.8) is 0 Å². The molecule has 0 aliphatic rings. The fourth-order valence-electron chi connectivity index (χ4n) is 1.50. The summed E-state index contributed by atoms with van der Waals surface area (Å²) < 4.78 is 7.10. The lowest BCUT2D eigenvalue weighted by Crippen LogP contribution is -2.07. The minimum Gasteiger partial charge on any atom is -0.485 e. The molecule has 0 unspecified atom stereocenters. The number of aromatic carboxylic acids is 1. The van der Waals surface area contributed by atoms with Gasteiger partial charge in [-0.15, -0.1) is 0 Å². The molecule has 0 fully saturated rings. The Bertz CT molecular complexity index is 625. The summed E-state index contributed by atoms with van der Waals surface area (Å²) in [5.74, 6) is -0.275. The van der Waals surface area contributed by atoms with Gasteiger partial charge in [0.05, 0.1) is 6.20 Å². The topological polar surface area (TPSA) is 64.4 Å². The summed E-state index contributed by atoms with van der Waals surface area (Å²) in [6.45, 7) is 0.116. The molecule has 2 aromatic rings. The van der Waals surface area contributed by atoms with E-state index in [0.717, 1.165) is 0 Å². The Kier molecular flexibility index (Phi) is 3.97. The van der Waals surface area contributed by atoms with Crippen molar-refractivity contribution in [1.29, 1.82) is 0 Å². The molecule has 100 valence electrons. The molecule has 1 aromatic heterocycles. The van der Waals surface area contributed by atoms with Crippen molar-refractivity contribution in [2.75, 3.05) is 0 Å². The number of imidazole rings is 1. The van der Waals surface area contributed by atoms with Gasteiger partial charge in [0.15, 0.2) is 0 Å². The highest BCUT2D eigenvalue weighted by atomic mass is 35.5. The number of carboxylic acids is 1. The van der Waals surface area contributed by atoms with Gasteiger partial charge >= 0.3 is 5.97 Å². The quantitative estimate of drug-likeness (QED) is 0.943. The molecule has 2 rings (SSSR count). The average molecular weight is 301 g/mol. The molecule has 0 radical (unpaired) electrons. The summed E-state index contributed by atoms with van der Waals surface area (Å²) in [4.78, 5) is 15.1. The first-order valence-electron chi connectivity index (χ1n) is 5.30. The Balaban J connectivity index is 2.20. The van der Waals surface area contributed by atoms with Gasteiger partial charge in [0.1, 0.15) is 28.9 Å². The van der Waals surface area contributed by atoms with Crippen molar-refractivity contribution < 1.29 is 14.6 Å². The van der Waals surface area contributed by atoms with Gasteiger partial charge in [0.25, 0.3) is 0 Å². The summed E-state index contributed by atoms with van der Waals surface area (Å²) in [5.41, 5.74) is 0.00723. The first kappa shape index (κ1) is 13.7. The first-order chi connectivity index (χ1) is 8.99. The number of rotatable bonds is 4. The van der Waals surface area contributed by atoms with Gasteiger partial charge in [-0.3, -0.25) is 0 Å². The number of benzene rings is 1. The molecule has 1 heterocycles. The number of hydrogen-bond donors (Lipinski definition) is 1. The van der Waals surface area contributed by atoms with Crippen LogP contribution in [0.2, 0.25) is 10.2 Å². The van der Waals surface area contributed by atoms with E-state index in [1.165, 1.54) is 18.3 Å². The zero-order valence-corrected chi connectivity index (χ0v) is 11.4. The summed E-state index contributed by atoms with van der Waals surface area (Å²) in [6.07, 6.45) is 1.50. The smallest absolute Gasteiger partial charge is 0.339 e. The fraction of sp³-hybridized carbons (Fsp3) is 0.167. The number of carbonyl (C=O) groups is 1. The molecule has 0 saturated carbocycles. The van der Waals surface area contributed by atoms with Gasteiger partial charge in [0, 0.05) is 12.1 Å². The van der Waals surface area contributed by atoms with Gasteiger partial charge in [-0.2, -0.15) is 0 Å².